The van der Waals surface area contributed by atoms with Gasteiger partial charge in [-0.25, -0.2) is 9.37 Å². The summed E-state index contributed by atoms with van der Waals surface area (Å²) in [5.74, 6) is -0.508. The van der Waals surface area contributed by atoms with Gasteiger partial charge < -0.3 is 9.47 Å². The average Bonchev–Trinajstić information content (AvgIpc) is 3.55. The number of amides is 1. The third kappa shape index (κ3) is 4.29. The number of nitrogens with one attached hydrogen (secondary N) is 1. The van der Waals surface area contributed by atoms with Crippen LogP contribution in [-0.4, -0.2) is 22.0 Å². The molecule has 5 rings (SSSR count). The monoisotopic (exact) mass is 446 g/mol. The molecule has 0 aliphatic carbocycles. The van der Waals surface area contributed by atoms with E-state index >= 15 is 0 Å². The predicted octanol–water partition coefficient (Wildman–Crippen LogP) is 5.73. The van der Waals surface area contributed by atoms with Crippen LogP contribution in [0.15, 0.2) is 78.3 Å². The van der Waals surface area contributed by atoms with Crippen LogP contribution in [0, 0.1) is 5.82 Å². The number of halogens is 1. The summed E-state index contributed by atoms with van der Waals surface area (Å²) in [4.78, 5) is 20.0. The zero-order chi connectivity index (χ0) is 21.9. The summed E-state index contributed by atoms with van der Waals surface area (Å²) in [6.07, 6.45) is 3.98. The van der Waals surface area contributed by atoms with E-state index in [1.54, 1.807) is 12.1 Å². The second-order valence-corrected chi connectivity index (χ2v) is 8.73. The van der Waals surface area contributed by atoms with Gasteiger partial charge in [0.1, 0.15) is 11.5 Å². The Morgan fingerprint density at radius 2 is 2.00 bits per heavy atom. The number of aromatic nitrogens is 2. The molecule has 1 saturated heterocycles. The first kappa shape index (κ1) is 20.5. The Labute approximate surface area is 190 Å². The van der Waals surface area contributed by atoms with Crippen molar-refractivity contribution in [1.82, 2.24) is 9.55 Å². The summed E-state index contributed by atoms with van der Waals surface area (Å²) in [6.45, 7) is 1.42. The molecule has 2 aromatic carbocycles. The lowest BCUT2D eigenvalue weighted by atomic mass is 10.1. The van der Waals surface area contributed by atoms with Crippen molar-refractivity contribution < 1.29 is 9.18 Å². The molecule has 5 nitrogen and oxygen atoms in total. The minimum absolute atomic E-state index is 0.219. The van der Waals surface area contributed by atoms with Crippen molar-refractivity contribution in [2.75, 3.05) is 16.8 Å². The van der Waals surface area contributed by atoms with Crippen LogP contribution in [0.5, 0.6) is 0 Å². The van der Waals surface area contributed by atoms with Gasteiger partial charge in [-0.1, -0.05) is 30.3 Å². The molecule has 0 radical (unpaired) electrons. The fraction of sp³-hybridized carbons (Fsp3) is 0.200. The highest BCUT2D eigenvalue weighted by Gasteiger charge is 2.28. The summed E-state index contributed by atoms with van der Waals surface area (Å²) >= 11 is 1.44. The molecular formula is C25H23FN4OS. The Kier molecular flexibility index (Phi) is 5.73. The first-order chi connectivity index (χ1) is 15.7. The molecule has 0 saturated carbocycles. The molecule has 3 heterocycles. The first-order valence-corrected chi connectivity index (χ1v) is 11.5. The molecule has 2 aromatic heterocycles. The highest BCUT2D eigenvalue weighted by atomic mass is 32.1. The normalized spacial score (nSPS) is 15.8. The van der Waals surface area contributed by atoms with Gasteiger partial charge in [0.2, 0.25) is 0 Å². The van der Waals surface area contributed by atoms with E-state index in [4.69, 9.17) is 4.98 Å². The van der Waals surface area contributed by atoms with Gasteiger partial charge in [-0.05, 0) is 54.8 Å². The quantitative estimate of drug-likeness (QED) is 0.412. The van der Waals surface area contributed by atoms with Gasteiger partial charge in [0, 0.05) is 30.4 Å². The molecule has 0 spiro atoms. The van der Waals surface area contributed by atoms with Crippen LogP contribution in [0.2, 0.25) is 0 Å². The standard InChI is InChI=1S/C25H23FN4OS/c26-19-8-4-7-18(15-19)16-29-13-5-12-23(29)24(31)28-25-27-21(17-32-25)22-11-6-14-30(22)20-9-2-1-3-10-20/h1-5,7-10,12-13,15,17,22H,6,11,14,16H2,(H,27,28,31). The summed E-state index contributed by atoms with van der Waals surface area (Å²) in [7, 11) is 0. The third-order valence-electron chi connectivity index (χ3n) is 5.73. The Morgan fingerprint density at radius 3 is 2.84 bits per heavy atom. The topological polar surface area (TPSA) is 50.2 Å². The van der Waals surface area contributed by atoms with E-state index in [2.05, 4.69) is 34.5 Å². The van der Waals surface area contributed by atoms with E-state index in [1.165, 1.54) is 29.2 Å². The number of nitrogens with zero attached hydrogens (tertiary/aromatic N) is 3. The molecule has 32 heavy (non-hydrogen) atoms. The number of para-hydroxylation sites is 1. The molecule has 1 unspecified atom stereocenters. The average molecular weight is 447 g/mol. The van der Waals surface area contributed by atoms with Gasteiger partial charge in [-0.15, -0.1) is 11.3 Å². The minimum Gasteiger partial charge on any atom is -0.363 e. The maximum atomic E-state index is 13.5. The van der Waals surface area contributed by atoms with Gasteiger partial charge in [-0.2, -0.15) is 0 Å². The first-order valence-electron chi connectivity index (χ1n) is 10.7. The number of anilines is 2. The largest absolute Gasteiger partial charge is 0.363 e. The number of hydrogen-bond acceptors (Lipinski definition) is 4. The molecule has 1 atom stereocenters. The van der Waals surface area contributed by atoms with Crippen molar-refractivity contribution in [2.24, 2.45) is 0 Å². The summed E-state index contributed by atoms with van der Waals surface area (Å²) in [5, 5.41) is 5.56. The lowest BCUT2D eigenvalue weighted by Gasteiger charge is -2.25. The van der Waals surface area contributed by atoms with Crippen molar-refractivity contribution in [2.45, 2.75) is 25.4 Å². The van der Waals surface area contributed by atoms with Crippen molar-refractivity contribution in [3.05, 3.63) is 101 Å². The predicted molar refractivity (Wildman–Crippen MR) is 126 cm³/mol. The molecule has 4 aromatic rings. The number of rotatable bonds is 6. The zero-order valence-corrected chi connectivity index (χ0v) is 18.3. The maximum absolute atomic E-state index is 13.5. The van der Waals surface area contributed by atoms with Gasteiger partial charge in [0.05, 0.1) is 11.7 Å². The van der Waals surface area contributed by atoms with Crippen molar-refractivity contribution in [1.29, 1.82) is 0 Å². The van der Waals surface area contributed by atoms with Crippen LogP contribution in [0.25, 0.3) is 0 Å². The molecule has 1 N–H and O–H groups in total. The lowest BCUT2D eigenvalue weighted by Crippen LogP contribution is -2.22. The fourth-order valence-corrected chi connectivity index (χ4v) is 5.00. The number of carbonyl (C=O) groups is 1. The molecular weight excluding hydrogens is 423 g/mol. The second-order valence-electron chi connectivity index (χ2n) is 7.87. The van der Waals surface area contributed by atoms with E-state index in [1.807, 2.05) is 34.3 Å². The summed E-state index contributed by atoms with van der Waals surface area (Å²) < 4.78 is 15.3. The van der Waals surface area contributed by atoms with Crippen molar-refractivity contribution in [3.8, 4) is 0 Å². The Morgan fingerprint density at radius 1 is 1.12 bits per heavy atom. The van der Waals surface area contributed by atoms with E-state index in [-0.39, 0.29) is 17.8 Å². The minimum atomic E-state index is -0.285. The smallest absolute Gasteiger partial charge is 0.274 e. The van der Waals surface area contributed by atoms with E-state index in [0.29, 0.717) is 17.4 Å². The molecule has 1 amide bonds. The van der Waals surface area contributed by atoms with Crippen LogP contribution in [0.1, 0.15) is 40.6 Å². The van der Waals surface area contributed by atoms with Crippen molar-refractivity contribution >= 4 is 28.1 Å². The Bertz CT molecular complexity index is 1220. The van der Waals surface area contributed by atoms with Gasteiger partial charge >= 0.3 is 0 Å². The van der Waals surface area contributed by atoms with Crippen molar-refractivity contribution in [3.63, 3.8) is 0 Å². The van der Waals surface area contributed by atoms with Gasteiger partial charge in [-0.3, -0.25) is 10.1 Å². The zero-order valence-electron chi connectivity index (χ0n) is 17.4. The molecule has 1 fully saturated rings. The van der Waals surface area contributed by atoms with Crippen LogP contribution in [-0.2, 0) is 6.54 Å². The summed E-state index contributed by atoms with van der Waals surface area (Å²) in [5.41, 5.74) is 3.50. The number of hydrogen-bond donors (Lipinski definition) is 1. The Balaban J connectivity index is 1.29. The van der Waals surface area contributed by atoms with E-state index < -0.39 is 0 Å². The molecule has 1 aliphatic rings. The summed E-state index contributed by atoms with van der Waals surface area (Å²) in [6, 6.07) is 20.6. The highest BCUT2D eigenvalue weighted by molar-refractivity contribution is 7.14. The van der Waals surface area contributed by atoms with Gasteiger partial charge in [0.15, 0.2) is 5.13 Å². The van der Waals surface area contributed by atoms with Crippen LogP contribution >= 0.6 is 11.3 Å². The highest BCUT2D eigenvalue weighted by Crippen LogP contribution is 2.37. The molecule has 7 heteroatoms. The number of carbonyl (C=O) groups excluding carboxylic acids is 1. The fourth-order valence-electron chi connectivity index (χ4n) is 4.25. The SMILES string of the molecule is O=C(Nc1nc(C2CCCN2c2ccccc2)cs1)c1cccn1Cc1cccc(F)c1. The lowest BCUT2D eigenvalue weighted by molar-refractivity contribution is 0.101. The van der Waals surface area contributed by atoms with Crippen LogP contribution in [0.3, 0.4) is 0 Å². The molecule has 162 valence electrons. The number of thiazole rings is 1. The second kappa shape index (κ2) is 8.96. The third-order valence-corrected chi connectivity index (χ3v) is 6.50. The van der Waals surface area contributed by atoms with Gasteiger partial charge in [0.25, 0.3) is 5.91 Å². The Hall–Kier alpha value is -3.45. The molecule has 1 aliphatic heterocycles. The van der Waals surface area contributed by atoms with E-state index in [0.717, 1.165) is 30.6 Å². The molecule has 0 bridgehead atoms. The maximum Gasteiger partial charge on any atom is 0.274 e. The number of benzene rings is 2. The van der Waals surface area contributed by atoms with E-state index in [9.17, 15) is 9.18 Å². The van der Waals surface area contributed by atoms with Crippen LogP contribution < -0.4 is 10.2 Å². The van der Waals surface area contributed by atoms with Crippen LogP contribution in [0.4, 0.5) is 15.2 Å².